The number of benzene rings is 1. The Morgan fingerprint density at radius 3 is 2.67 bits per heavy atom. The van der Waals surface area contributed by atoms with Gasteiger partial charge in [0.2, 0.25) is 10.0 Å². The fourth-order valence-electron chi connectivity index (χ4n) is 3.88. The molecule has 3 atom stereocenters. The molecule has 3 unspecified atom stereocenters. The minimum Gasteiger partial charge on any atom is -0.481 e. The Kier molecular flexibility index (Phi) is 4.08. The quantitative estimate of drug-likeness (QED) is 0.636. The molecule has 2 bridgehead atoms. The SMILES string of the molecule is CCc1ccc([N+](=O)[O-])cc1S(=O)(=O)N1C2CCC1C(C(=O)O)C2. The van der Waals surface area contributed by atoms with Crippen LogP contribution in [0.4, 0.5) is 5.69 Å². The first-order chi connectivity index (χ1) is 11.3. The van der Waals surface area contributed by atoms with Crippen molar-refractivity contribution in [2.24, 2.45) is 5.92 Å². The van der Waals surface area contributed by atoms with E-state index in [1.807, 2.05) is 0 Å². The van der Waals surface area contributed by atoms with Gasteiger partial charge in [-0.1, -0.05) is 13.0 Å². The molecule has 0 aromatic heterocycles. The average Bonchev–Trinajstić information content (AvgIpc) is 3.12. The van der Waals surface area contributed by atoms with Crippen LogP contribution in [0.5, 0.6) is 0 Å². The number of nitro benzene ring substituents is 1. The van der Waals surface area contributed by atoms with Crippen LogP contribution in [0.3, 0.4) is 0 Å². The predicted octanol–water partition coefficient (Wildman–Crippen LogP) is 1.78. The summed E-state index contributed by atoms with van der Waals surface area (Å²) in [6.07, 6.45) is 1.86. The summed E-state index contributed by atoms with van der Waals surface area (Å²) >= 11 is 0. The normalized spacial score (nSPS) is 26.6. The average molecular weight is 354 g/mol. The lowest BCUT2D eigenvalue weighted by Gasteiger charge is -2.23. The van der Waals surface area contributed by atoms with Crippen molar-refractivity contribution in [2.45, 2.75) is 49.6 Å². The number of hydrogen-bond donors (Lipinski definition) is 1. The number of hydrogen-bond acceptors (Lipinski definition) is 5. The topological polar surface area (TPSA) is 118 Å². The minimum absolute atomic E-state index is 0.0814. The van der Waals surface area contributed by atoms with Crippen molar-refractivity contribution in [2.75, 3.05) is 0 Å². The molecule has 3 rings (SSSR count). The number of nitro groups is 1. The molecule has 1 aromatic rings. The molecule has 2 aliphatic rings. The van der Waals surface area contributed by atoms with Crippen molar-refractivity contribution in [1.29, 1.82) is 0 Å². The van der Waals surface area contributed by atoms with E-state index in [0.717, 1.165) is 6.07 Å². The molecule has 2 saturated heterocycles. The van der Waals surface area contributed by atoms with Gasteiger partial charge in [-0.2, -0.15) is 4.31 Å². The Labute approximate surface area is 139 Å². The highest BCUT2D eigenvalue weighted by molar-refractivity contribution is 7.89. The molecule has 1 N–H and O–H groups in total. The van der Waals surface area contributed by atoms with Gasteiger partial charge >= 0.3 is 5.97 Å². The summed E-state index contributed by atoms with van der Waals surface area (Å²) in [5, 5.41) is 20.3. The van der Waals surface area contributed by atoms with Gasteiger partial charge < -0.3 is 5.11 Å². The molecule has 2 fully saturated rings. The van der Waals surface area contributed by atoms with Crippen LogP contribution < -0.4 is 0 Å². The van der Waals surface area contributed by atoms with E-state index in [1.165, 1.54) is 16.4 Å². The first kappa shape index (κ1) is 16.8. The van der Waals surface area contributed by atoms with E-state index in [9.17, 15) is 28.4 Å². The van der Waals surface area contributed by atoms with E-state index in [4.69, 9.17) is 0 Å². The molecular weight excluding hydrogens is 336 g/mol. The molecule has 1 aromatic carbocycles. The van der Waals surface area contributed by atoms with Crippen LogP contribution in [-0.4, -0.2) is 40.8 Å². The van der Waals surface area contributed by atoms with Crippen molar-refractivity contribution in [3.63, 3.8) is 0 Å². The zero-order chi connectivity index (χ0) is 17.6. The molecule has 0 radical (unpaired) electrons. The van der Waals surface area contributed by atoms with Gasteiger partial charge in [0, 0.05) is 24.2 Å². The van der Waals surface area contributed by atoms with Crippen LogP contribution in [0, 0.1) is 16.0 Å². The maximum atomic E-state index is 13.1. The Morgan fingerprint density at radius 1 is 1.42 bits per heavy atom. The summed E-state index contributed by atoms with van der Waals surface area (Å²) in [6, 6.07) is 2.92. The summed E-state index contributed by atoms with van der Waals surface area (Å²) in [5.74, 6) is -1.69. The minimum atomic E-state index is -3.97. The van der Waals surface area contributed by atoms with Crippen molar-refractivity contribution >= 4 is 21.7 Å². The van der Waals surface area contributed by atoms with E-state index in [2.05, 4.69) is 0 Å². The van der Waals surface area contributed by atoms with Crippen LogP contribution in [0.1, 0.15) is 31.7 Å². The molecule has 130 valence electrons. The van der Waals surface area contributed by atoms with Gasteiger partial charge in [-0.05, 0) is 31.2 Å². The second-order valence-corrected chi connectivity index (χ2v) is 8.03. The van der Waals surface area contributed by atoms with E-state index in [-0.39, 0.29) is 16.6 Å². The molecule has 9 heteroatoms. The number of carboxylic acid groups (broad SMARTS) is 1. The Bertz CT molecular complexity index is 806. The van der Waals surface area contributed by atoms with Crippen LogP contribution in [0.2, 0.25) is 0 Å². The molecule has 0 spiro atoms. The first-order valence-corrected chi connectivity index (χ1v) is 9.25. The Hall–Kier alpha value is -2.00. The zero-order valence-electron chi connectivity index (χ0n) is 13.1. The summed E-state index contributed by atoms with van der Waals surface area (Å²) < 4.78 is 27.5. The molecule has 0 saturated carbocycles. The molecule has 24 heavy (non-hydrogen) atoms. The number of rotatable bonds is 5. The van der Waals surface area contributed by atoms with Crippen molar-refractivity contribution in [3.05, 3.63) is 33.9 Å². The molecule has 0 amide bonds. The van der Waals surface area contributed by atoms with Gasteiger partial charge in [0.25, 0.3) is 5.69 Å². The number of nitrogens with zero attached hydrogens (tertiary/aromatic N) is 2. The third-order valence-electron chi connectivity index (χ3n) is 4.99. The number of carbonyl (C=O) groups is 1. The van der Waals surface area contributed by atoms with Crippen LogP contribution >= 0.6 is 0 Å². The third-order valence-corrected chi connectivity index (χ3v) is 7.05. The second-order valence-electron chi connectivity index (χ2n) is 6.22. The number of fused-ring (bicyclic) bond motifs is 2. The lowest BCUT2D eigenvalue weighted by molar-refractivity contribution is -0.385. The molecule has 0 aliphatic carbocycles. The van der Waals surface area contributed by atoms with E-state index >= 15 is 0 Å². The predicted molar refractivity (Wildman–Crippen MR) is 84.1 cm³/mol. The van der Waals surface area contributed by atoms with Crippen molar-refractivity contribution < 1.29 is 23.2 Å². The number of non-ortho nitro benzene ring substituents is 1. The summed E-state index contributed by atoms with van der Waals surface area (Å²) in [5.41, 5.74) is 0.214. The third kappa shape index (κ3) is 2.48. The summed E-state index contributed by atoms with van der Waals surface area (Å²) in [4.78, 5) is 21.6. The second kappa shape index (κ2) is 5.82. The maximum absolute atomic E-state index is 13.1. The lowest BCUT2D eigenvalue weighted by atomic mass is 9.89. The monoisotopic (exact) mass is 354 g/mol. The summed E-state index contributed by atoms with van der Waals surface area (Å²) in [7, 11) is -3.97. The standard InChI is InChI=1S/C15H18N2O6S/c1-2-9-3-4-11(17(20)21)8-14(9)24(22,23)16-10-5-6-13(16)12(7-10)15(18)19/h3-4,8,10,12-13H,2,5-7H2,1H3,(H,18,19). The number of aryl methyl sites for hydroxylation is 1. The highest BCUT2D eigenvalue weighted by Crippen LogP contribution is 2.45. The highest BCUT2D eigenvalue weighted by Gasteiger charge is 2.54. The molecular formula is C15H18N2O6S. The van der Waals surface area contributed by atoms with Crippen LogP contribution in [0.15, 0.2) is 23.1 Å². The van der Waals surface area contributed by atoms with Crippen LogP contribution in [-0.2, 0) is 21.2 Å². The molecule has 2 aliphatic heterocycles. The maximum Gasteiger partial charge on any atom is 0.308 e. The largest absolute Gasteiger partial charge is 0.481 e. The molecule has 8 nitrogen and oxygen atoms in total. The Balaban J connectivity index is 2.07. The fraction of sp³-hybridized carbons (Fsp3) is 0.533. The van der Waals surface area contributed by atoms with E-state index in [1.54, 1.807) is 6.92 Å². The van der Waals surface area contributed by atoms with Gasteiger partial charge in [0.15, 0.2) is 0 Å². The van der Waals surface area contributed by atoms with E-state index < -0.39 is 32.9 Å². The van der Waals surface area contributed by atoms with Crippen molar-refractivity contribution in [1.82, 2.24) is 4.31 Å². The molecule has 2 heterocycles. The van der Waals surface area contributed by atoms with Gasteiger partial charge in [0.05, 0.1) is 15.7 Å². The van der Waals surface area contributed by atoms with Gasteiger partial charge in [0.1, 0.15) is 0 Å². The smallest absolute Gasteiger partial charge is 0.308 e. The first-order valence-electron chi connectivity index (χ1n) is 7.81. The zero-order valence-corrected chi connectivity index (χ0v) is 13.9. The highest BCUT2D eigenvalue weighted by atomic mass is 32.2. The Morgan fingerprint density at radius 2 is 2.12 bits per heavy atom. The van der Waals surface area contributed by atoms with Gasteiger partial charge in [-0.3, -0.25) is 14.9 Å². The fourth-order valence-corrected chi connectivity index (χ4v) is 6.11. The summed E-state index contributed by atoms with van der Waals surface area (Å²) in [6.45, 7) is 1.78. The number of carboxylic acids is 1. The number of aliphatic carboxylic acids is 1. The lowest BCUT2D eigenvalue weighted by Crippen LogP contribution is -2.38. The van der Waals surface area contributed by atoms with Crippen molar-refractivity contribution in [3.8, 4) is 0 Å². The number of sulfonamides is 1. The van der Waals surface area contributed by atoms with E-state index in [0.29, 0.717) is 31.2 Å². The van der Waals surface area contributed by atoms with Gasteiger partial charge in [-0.25, -0.2) is 8.42 Å². The van der Waals surface area contributed by atoms with Crippen LogP contribution in [0.25, 0.3) is 0 Å². The van der Waals surface area contributed by atoms with Gasteiger partial charge in [-0.15, -0.1) is 0 Å².